The summed E-state index contributed by atoms with van der Waals surface area (Å²) in [4.78, 5) is 9.12. The van der Waals surface area contributed by atoms with Crippen LogP contribution in [0.3, 0.4) is 0 Å². The number of rotatable bonds is 3. The van der Waals surface area contributed by atoms with Crippen LogP contribution in [0.4, 0.5) is 20.3 Å². The highest BCUT2D eigenvalue weighted by Crippen LogP contribution is 2.31. The van der Waals surface area contributed by atoms with Crippen molar-refractivity contribution in [3.05, 3.63) is 59.5 Å². The Balaban J connectivity index is 1.68. The molecule has 0 fully saturated rings. The van der Waals surface area contributed by atoms with E-state index in [4.69, 9.17) is 4.42 Å². The standard InChI is InChI=1S/C19H15F2N5O/c20-13-8-7-11(10-14(13)21)22-18-12-4-1-2-5-15(12)23-19-24-17(25-26(18)19)16-6-3-9-27-16/h3,6-10,22H,1-2,4-5H2. The van der Waals surface area contributed by atoms with Crippen molar-refractivity contribution in [2.75, 3.05) is 5.32 Å². The zero-order valence-corrected chi connectivity index (χ0v) is 14.2. The number of anilines is 2. The normalized spacial score (nSPS) is 13.7. The van der Waals surface area contributed by atoms with E-state index in [1.165, 1.54) is 6.07 Å². The van der Waals surface area contributed by atoms with Crippen LogP contribution in [0.25, 0.3) is 17.4 Å². The number of nitrogens with zero attached hydrogens (tertiary/aromatic N) is 4. The second kappa shape index (κ2) is 6.15. The van der Waals surface area contributed by atoms with E-state index in [-0.39, 0.29) is 0 Å². The Morgan fingerprint density at radius 1 is 1.04 bits per heavy atom. The highest BCUT2D eigenvalue weighted by atomic mass is 19.2. The van der Waals surface area contributed by atoms with Gasteiger partial charge in [-0.3, -0.25) is 0 Å². The van der Waals surface area contributed by atoms with Gasteiger partial charge in [-0.05, 0) is 49.9 Å². The summed E-state index contributed by atoms with van der Waals surface area (Å²) in [6.45, 7) is 0. The minimum atomic E-state index is -0.908. The molecule has 1 aliphatic carbocycles. The summed E-state index contributed by atoms with van der Waals surface area (Å²) in [6, 6.07) is 7.25. The third kappa shape index (κ3) is 2.73. The van der Waals surface area contributed by atoms with Crippen molar-refractivity contribution in [2.24, 2.45) is 0 Å². The molecule has 5 rings (SSSR count). The van der Waals surface area contributed by atoms with Crippen molar-refractivity contribution < 1.29 is 13.2 Å². The molecule has 136 valence electrons. The molecule has 0 amide bonds. The molecular weight excluding hydrogens is 352 g/mol. The third-order valence-electron chi connectivity index (χ3n) is 4.69. The summed E-state index contributed by atoms with van der Waals surface area (Å²) in [5.41, 5.74) is 2.41. The smallest absolute Gasteiger partial charge is 0.255 e. The van der Waals surface area contributed by atoms with Gasteiger partial charge in [-0.1, -0.05) is 0 Å². The van der Waals surface area contributed by atoms with Gasteiger partial charge in [0.05, 0.1) is 12.0 Å². The maximum Gasteiger partial charge on any atom is 0.255 e. The molecule has 0 aliphatic heterocycles. The zero-order valence-electron chi connectivity index (χ0n) is 14.2. The lowest BCUT2D eigenvalue weighted by Gasteiger charge is -2.20. The van der Waals surface area contributed by atoms with E-state index in [0.717, 1.165) is 49.1 Å². The van der Waals surface area contributed by atoms with Crippen LogP contribution in [0.2, 0.25) is 0 Å². The van der Waals surface area contributed by atoms with Gasteiger partial charge in [0.25, 0.3) is 5.78 Å². The van der Waals surface area contributed by atoms with Crippen LogP contribution in [0.15, 0.2) is 41.0 Å². The number of furan rings is 1. The minimum absolute atomic E-state index is 0.420. The van der Waals surface area contributed by atoms with Gasteiger partial charge >= 0.3 is 0 Å². The molecule has 6 nitrogen and oxygen atoms in total. The maximum atomic E-state index is 13.7. The number of aromatic nitrogens is 4. The van der Waals surface area contributed by atoms with Gasteiger partial charge in [0.2, 0.25) is 5.82 Å². The van der Waals surface area contributed by atoms with Crippen molar-refractivity contribution >= 4 is 17.3 Å². The number of fused-ring (bicyclic) bond motifs is 2. The summed E-state index contributed by atoms with van der Waals surface area (Å²) in [5.74, 6) is 0.274. The fourth-order valence-corrected chi connectivity index (χ4v) is 3.39. The predicted molar refractivity (Wildman–Crippen MR) is 94.8 cm³/mol. The zero-order chi connectivity index (χ0) is 18.4. The van der Waals surface area contributed by atoms with Crippen molar-refractivity contribution in [3.8, 4) is 11.6 Å². The molecule has 0 saturated carbocycles. The first-order chi connectivity index (χ1) is 13.2. The Morgan fingerprint density at radius 2 is 1.93 bits per heavy atom. The SMILES string of the molecule is Fc1ccc(Nc2c3c(nc4nc(-c5ccco5)nn24)CCCC3)cc1F. The lowest BCUT2D eigenvalue weighted by atomic mass is 9.96. The summed E-state index contributed by atoms with van der Waals surface area (Å²) in [6.07, 6.45) is 5.33. The van der Waals surface area contributed by atoms with Crippen molar-refractivity contribution in [2.45, 2.75) is 25.7 Å². The predicted octanol–water partition coefficient (Wildman–Crippen LogP) is 4.28. The summed E-state index contributed by atoms with van der Waals surface area (Å²) < 4.78 is 33.9. The van der Waals surface area contributed by atoms with Crippen LogP contribution in [0.5, 0.6) is 0 Å². The second-order valence-electron chi connectivity index (χ2n) is 6.47. The van der Waals surface area contributed by atoms with Gasteiger partial charge < -0.3 is 9.73 Å². The first-order valence-corrected chi connectivity index (χ1v) is 8.73. The molecular formula is C19H15F2N5O. The molecule has 0 radical (unpaired) electrons. The minimum Gasteiger partial charge on any atom is -0.461 e. The molecule has 0 atom stereocenters. The molecule has 0 bridgehead atoms. The summed E-state index contributed by atoms with van der Waals surface area (Å²) in [7, 11) is 0. The number of hydrogen-bond donors (Lipinski definition) is 1. The number of halogens is 2. The van der Waals surface area contributed by atoms with Crippen molar-refractivity contribution in [1.82, 2.24) is 19.6 Å². The quantitative estimate of drug-likeness (QED) is 0.585. The van der Waals surface area contributed by atoms with E-state index < -0.39 is 11.6 Å². The van der Waals surface area contributed by atoms with Crippen LogP contribution in [-0.2, 0) is 12.8 Å². The molecule has 1 aromatic carbocycles. The lowest BCUT2D eigenvalue weighted by Crippen LogP contribution is -2.13. The van der Waals surface area contributed by atoms with Gasteiger partial charge in [0.1, 0.15) is 5.82 Å². The second-order valence-corrected chi connectivity index (χ2v) is 6.47. The van der Waals surface area contributed by atoms with Crippen molar-refractivity contribution in [1.29, 1.82) is 0 Å². The highest BCUT2D eigenvalue weighted by Gasteiger charge is 2.22. The Morgan fingerprint density at radius 3 is 2.74 bits per heavy atom. The van der Waals surface area contributed by atoms with E-state index in [1.807, 2.05) is 0 Å². The number of hydrogen-bond acceptors (Lipinski definition) is 5. The fraction of sp³-hybridized carbons (Fsp3) is 0.211. The van der Waals surface area contributed by atoms with Crippen molar-refractivity contribution in [3.63, 3.8) is 0 Å². The first kappa shape index (κ1) is 15.9. The van der Waals surface area contributed by atoms with Gasteiger partial charge in [-0.25, -0.2) is 13.8 Å². The van der Waals surface area contributed by atoms with Gasteiger partial charge in [-0.2, -0.15) is 9.50 Å². The number of benzene rings is 1. The van der Waals surface area contributed by atoms with Crippen LogP contribution in [-0.4, -0.2) is 19.6 Å². The average Bonchev–Trinajstić information content (AvgIpc) is 3.34. The maximum absolute atomic E-state index is 13.7. The molecule has 4 aromatic rings. The summed E-state index contributed by atoms with van der Waals surface area (Å²) in [5, 5.41) is 7.70. The average molecular weight is 367 g/mol. The highest BCUT2D eigenvalue weighted by molar-refractivity contribution is 5.64. The Kier molecular flexibility index (Phi) is 3.63. The van der Waals surface area contributed by atoms with Gasteiger partial charge in [0.15, 0.2) is 17.4 Å². The van der Waals surface area contributed by atoms with Gasteiger partial charge in [-0.15, -0.1) is 5.10 Å². The Hall–Kier alpha value is -3.29. The molecule has 27 heavy (non-hydrogen) atoms. The third-order valence-corrected chi connectivity index (χ3v) is 4.69. The van der Waals surface area contributed by atoms with Crippen LogP contribution >= 0.6 is 0 Å². The van der Waals surface area contributed by atoms with E-state index in [9.17, 15) is 8.78 Å². The fourth-order valence-electron chi connectivity index (χ4n) is 3.39. The molecule has 0 unspecified atom stereocenters. The molecule has 1 N–H and O–H groups in total. The Bertz CT molecular complexity index is 1140. The van der Waals surface area contributed by atoms with Crippen LogP contribution in [0.1, 0.15) is 24.1 Å². The molecule has 1 aliphatic rings. The topological polar surface area (TPSA) is 68.2 Å². The molecule has 3 heterocycles. The molecule has 8 heteroatoms. The van der Waals surface area contributed by atoms with Gasteiger partial charge in [0, 0.05) is 17.3 Å². The van der Waals surface area contributed by atoms with E-state index >= 15 is 0 Å². The monoisotopic (exact) mass is 367 g/mol. The Labute approximate surface area is 152 Å². The van der Waals surface area contributed by atoms with Crippen LogP contribution < -0.4 is 5.32 Å². The van der Waals surface area contributed by atoms with E-state index in [0.29, 0.717) is 28.9 Å². The van der Waals surface area contributed by atoms with Crippen LogP contribution in [0, 0.1) is 11.6 Å². The number of aryl methyl sites for hydroxylation is 1. The first-order valence-electron chi connectivity index (χ1n) is 8.73. The molecule has 0 saturated heterocycles. The van der Waals surface area contributed by atoms with E-state index in [2.05, 4.69) is 20.4 Å². The summed E-state index contributed by atoms with van der Waals surface area (Å²) >= 11 is 0. The molecule has 3 aromatic heterocycles. The van der Waals surface area contributed by atoms with E-state index in [1.54, 1.807) is 22.9 Å². The molecule has 0 spiro atoms. The lowest BCUT2D eigenvalue weighted by molar-refractivity contribution is 0.509. The number of nitrogens with one attached hydrogen (secondary N) is 1. The largest absolute Gasteiger partial charge is 0.461 e.